The second kappa shape index (κ2) is 4.72. The molecule has 0 saturated carbocycles. The maximum absolute atomic E-state index is 5.70. The van der Waals surface area contributed by atoms with Crippen LogP contribution in [0.3, 0.4) is 0 Å². The van der Waals surface area contributed by atoms with Crippen molar-refractivity contribution in [2.75, 3.05) is 20.2 Å². The van der Waals surface area contributed by atoms with E-state index in [0.29, 0.717) is 17.8 Å². The molecule has 2 nitrogen and oxygen atoms in total. The van der Waals surface area contributed by atoms with Crippen molar-refractivity contribution >= 4 is 0 Å². The Morgan fingerprint density at radius 2 is 1.93 bits per heavy atom. The fourth-order valence-electron chi connectivity index (χ4n) is 1.71. The molecule has 0 bridgehead atoms. The van der Waals surface area contributed by atoms with Crippen LogP contribution in [0.5, 0.6) is 0 Å². The normalized spacial score (nSPS) is 21.6. The monoisotopic (exact) mass is 197 g/mol. The number of allylic oxidation sites excluding steroid dienone is 1. The highest BCUT2D eigenvalue weighted by atomic mass is 16.5. The SMILES string of the molecule is CC(C)C(C)C(C)C1=CN(C)CCO1. The van der Waals surface area contributed by atoms with Gasteiger partial charge in [0.2, 0.25) is 0 Å². The van der Waals surface area contributed by atoms with Crippen molar-refractivity contribution in [3.63, 3.8) is 0 Å². The minimum atomic E-state index is 0.526. The fourth-order valence-corrected chi connectivity index (χ4v) is 1.71. The molecule has 82 valence electrons. The van der Waals surface area contributed by atoms with Gasteiger partial charge in [0.25, 0.3) is 0 Å². The Morgan fingerprint density at radius 1 is 1.29 bits per heavy atom. The highest BCUT2D eigenvalue weighted by Gasteiger charge is 2.22. The third-order valence-electron chi connectivity index (χ3n) is 3.35. The molecule has 0 aliphatic carbocycles. The van der Waals surface area contributed by atoms with E-state index < -0.39 is 0 Å². The molecule has 0 spiro atoms. The summed E-state index contributed by atoms with van der Waals surface area (Å²) in [5, 5.41) is 0. The Hall–Kier alpha value is -0.660. The number of rotatable bonds is 3. The summed E-state index contributed by atoms with van der Waals surface area (Å²) in [5.74, 6) is 3.06. The predicted octanol–water partition coefficient (Wildman–Crippen LogP) is 2.72. The molecule has 0 fully saturated rings. The zero-order chi connectivity index (χ0) is 10.7. The minimum absolute atomic E-state index is 0.526. The van der Waals surface area contributed by atoms with Crippen LogP contribution in [-0.2, 0) is 4.74 Å². The maximum atomic E-state index is 5.70. The third kappa shape index (κ3) is 2.66. The molecule has 0 saturated heterocycles. The summed E-state index contributed by atoms with van der Waals surface area (Å²) in [6, 6.07) is 0. The first-order valence-corrected chi connectivity index (χ1v) is 5.57. The van der Waals surface area contributed by atoms with Crippen LogP contribution in [-0.4, -0.2) is 25.1 Å². The van der Waals surface area contributed by atoms with Gasteiger partial charge >= 0.3 is 0 Å². The van der Waals surface area contributed by atoms with E-state index in [1.165, 1.54) is 0 Å². The third-order valence-corrected chi connectivity index (χ3v) is 3.35. The summed E-state index contributed by atoms with van der Waals surface area (Å²) in [4.78, 5) is 2.21. The van der Waals surface area contributed by atoms with Crippen molar-refractivity contribution in [2.24, 2.45) is 17.8 Å². The lowest BCUT2D eigenvalue weighted by atomic mass is 9.85. The largest absolute Gasteiger partial charge is 0.494 e. The van der Waals surface area contributed by atoms with Crippen LogP contribution < -0.4 is 0 Å². The molecule has 2 heteroatoms. The maximum Gasteiger partial charge on any atom is 0.115 e. The fraction of sp³-hybridized carbons (Fsp3) is 0.833. The van der Waals surface area contributed by atoms with Crippen LogP contribution >= 0.6 is 0 Å². The molecule has 0 aromatic rings. The summed E-state index contributed by atoms with van der Waals surface area (Å²) in [5.41, 5.74) is 0. The predicted molar refractivity (Wildman–Crippen MR) is 59.8 cm³/mol. The Labute approximate surface area is 87.9 Å². The van der Waals surface area contributed by atoms with Gasteiger partial charge in [0.05, 0.1) is 6.54 Å². The molecule has 1 rings (SSSR count). The number of nitrogens with zero attached hydrogens (tertiary/aromatic N) is 1. The molecule has 0 N–H and O–H groups in total. The van der Waals surface area contributed by atoms with Gasteiger partial charge in [-0.1, -0.05) is 27.7 Å². The van der Waals surface area contributed by atoms with Gasteiger partial charge in [-0.15, -0.1) is 0 Å². The van der Waals surface area contributed by atoms with E-state index in [9.17, 15) is 0 Å². The Kier molecular flexibility index (Phi) is 3.85. The van der Waals surface area contributed by atoms with E-state index >= 15 is 0 Å². The molecule has 2 atom stereocenters. The van der Waals surface area contributed by atoms with E-state index in [-0.39, 0.29) is 0 Å². The minimum Gasteiger partial charge on any atom is -0.494 e. The van der Waals surface area contributed by atoms with Crippen molar-refractivity contribution < 1.29 is 4.74 Å². The first-order valence-electron chi connectivity index (χ1n) is 5.57. The average Bonchev–Trinajstić information content (AvgIpc) is 2.15. The summed E-state index contributed by atoms with van der Waals surface area (Å²) < 4.78 is 5.70. The van der Waals surface area contributed by atoms with Gasteiger partial charge in [-0.2, -0.15) is 0 Å². The second-order valence-electron chi connectivity index (χ2n) is 4.75. The Balaban J connectivity index is 2.63. The molecule has 1 aliphatic rings. The lowest BCUT2D eigenvalue weighted by Crippen LogP contribution is -2.28. The van der Waals surface area contributed by atoms with Gasteiger partial charge < -0.3 is 9.64 Å². The first-order chi connectivity index (χ1) is 6.52. The summed E-state index contributed by atoms with van der Waals surface area (Å²) in [7, 11) is 2.11. The van der Waals surface area contributed by atoms with Crippen molar-refractivity contribution in [1.29, 1.82) is 0 Å². The van der Waals surface area contributed by atoms with Crippen molar-refractivity contribution in [3.8, 4) is 0 Å². The van der Waals surface area contributed by atoms with Gasteiger partial charge in [0, 0.05) is 19.2 Å². The summed E-state index contributed by atoms with van der Waals surface area (Å²) in [6.45, 7) is 10.9. The zero-order valence-electron chi connectivity index (χ0n) is 10.1. The molecule has 0 aromatic carbocycles. The summed E-state index contributed by atoms with van der Waals surface area (Å²) in [6.07, 6.45) is 2.15. The molecule has 0 amide bonds. The summed E-state index contributed by atoms with van der Waals surface area (Å²) >= 11 is 0. The van der Waals surface area contributed by atoms with Gasteiger partial charge in [0.1, 0.15) is 12.4 Å². The standard InChI is InChI=1S/C12H23NO/c1-9(2)10(3)11(4)12-8-13(5)6-7-14-12/h8-11H,6-7H2,1-5H3. The van der Waals surface area contributed by atoms with E-state index in [1.807, 2.05) is 0 Å². The number of ether oxygens (including phenoxy) is 1. The number of hydrogen-bond acceptors (Lipinski definition) is 2. The van der Waals surface area contributed by atoms with Gasteiger partial charge in [-0.05, 0) is 11.8 Å². The van der Waals surface area contributed by atoms with Gasteiger partial charge in [-0.25, -0.2) is 0 Å². The van der Waals surface area contributed by atoms with Crippen LogP contribution in [0.4, 0.5) is 0 Å². The van der Waals surface area contributed by atoms with Crippen molar-refractivity contribution in [3.05, 3.63) is 12.0 Å². The van der Waals surface area contributed by atoms with Gasteiger partial charge in [0.15, 0.2) is 0 Å². The van der Waals surface area contributed by atoms with Crippen molar-refractivity contribution in [1.82, 2.24) is 4.90 Å². The first kappa shape index (κ1) is 11.4. The second-order valence-corrected chi connectivity index (χ2v) is 4.75. The van der Waals surface area contributed by atoms with Gasteiger partial charge in [-0.3, -0.25) is 0 Å². The van der Waals surface area contributed by atoms with Crippen LogP contribution in [0, 0.1) is 17.8 Å². The van der Waals surface area contributed by atoms with E-state index in [1.54, 1.807) is 0 Å². The number of hydrogen-bond donors (Lipinski definition) is 0. The molecular formula is C12H23NO. The Morgan fingerprint density at radius 3 is 2.43 bits per heavy atom. The quantitative estimate of drug-likeness (QED) is 0.689. The van der Waals surface area contributed by atoms with Crippen LogP contribution in [0.15, 0.2) is 12.0 Å². The smallest absolute Gasteiger partial charge is 0.115 e. The Bertz CT molecular complexity index is 210. The van der Waals surface area contributed by atoms with E-state index in [2.05, 4.69) is 45.8 Å². The number of likely N-dealkylation sites (N-methyl/N-ethyl adjacent to an activating group) is 1. The van der Waals surface area contributed by atoms with Crippen LogP contribution in [0.25, 0.3) is 0 Å². The van der Waals surface area contributed by atoms with Crippen molar-refractivity contribution in [2.45, 2.75) is 27.7 Å². The molecule has 0 aromatic heterocycles. The highest BCUT2D eigenvalue weighted by molar-refractivity contribution is 5.01. The molecule has 1 heterocycles. The molecular weight excluding hydrogens is 174 g/mol. The lowest BCUT2D eigenvalue weighted by molar-refractivity contribution is 0.110. The highest BCUT2D eigenvalue weighted by Crippen LogP contribution is 2.28. The molecule has 1 aliphatic heterocycles. The van der Waals surface area contributed by atoms with E-state index in [0.717, 1.165) is 18.9 Å². The topological polar surface area (TPSA) is 12.5 Å². The molecule has 0 radical (unpaired) electrons. The van der Waals surface area contributed by atoms with Crippen LogP contribution in [0.1, 0.15) is 27.7 Å². The zero-order valence-corrected chi connectivity index (χ0v) is 10.1. The molecule has 14 heavy (non-hydrogen) atoms. The molecule has 2 unspecified atom stereocenters. The average molecular weight is 197 g/mol. The van der Waals surface area contributed by atoms with Crippen LogP contribution in [0.2, 0.25) is 0 Å². The lowest BCUT2D eigenvalue weighted by Gasteiger charge is -2.30. The van der Waals surface area contributed by atoms with E-state index in [4.69, 9.17) is 4.74 Å².